The van der Waals surface area contributed by atoms with Crippen LogP contribution in [0.15, 0.2) is 0 Å². The summed E-state index contributed by atoms with van der Waals surface area (Å²) >= 11 is 0. The Morgan fingerprint density at radius 3 is 2.76 bits per heavy atom. The quantitative estimate of drug-likeness (QED) is 0.243. The third-order valence-corrected chi connectivity index (χ3v) is 4.13. The third kappa shape index (κ3) is 3.77. The maximum atomic E-state index is 10.3. The van der Waals surface area contributed by atoms with Crippen molar-refractivity contribution in [3.63, 3.8) is 0 Å². The summed E-state index contributed by atoms with van der Waals surface area (Å²) in [6.07, 6.45) is -4.12. The highest BCUT2D eigenvalue weighted by Gasteiger charge is 2.50. The molecule has 2 rings (SSSR count). The van der Waals surface area contributed by atoms with Gasteiger partial charge in [-0.1, -0.05) is 0 Å². The number of fused-ring (bicyclic) bond motifs is 1. The fourth-order valence-corrected chi connectivity index (χ4v) is 2.86. The molecule has 0 aromatic heterocycles. The summed E-state index contributed by atoms with van der Waals surface area (Å²) in [6.45, 7) is 0. The zero-order valence-electron chi connectivity index (χ0n) is 11.4. The Morgan fingerprint density at radius 2 is 2.14 bits per heavy atom. The molecule has 8 atom stereocenters. The van der Waals surface area contributed by atoms with Gasteiger partial charge in [-0.2, -0.15) is 0 Å². The van der Waals surface area contributed by atoms with Crippen LogP contribution in [0.25, 0.3) is 0 Å². The molecule has 2 aliphatic rings. The maximum absolute atomic E-state index is 10.3. The molecule has 0 radical (unpaired) electrons. The van der Waals surface area contributed by atoms with E-state index in [1.165, 1.54) is 0 Å². The van der Waals surface area contributed by atoms with E-state index in [0.29, 0.717) is 6.42 Å². The van der Waals surface area contributed by atoms with Crippen LogP contribution < -0.4 is 11.1 Å². The zero-order valence-corrected chi connectivity index (χ0v) is 12.3. The molecule has 2 fully saturated rings. The largest absolute Gasteiger partial charge is 0.388 e. The lowest BCUT2D eigenvalue weighted by atomic mass is 9.90. The summed E-state index contributed by atoms with van der Waals surface area (Å²) in [6, 6.07) is -2.58. The van der Waals surface area contributed by atoms with E-state index in [0.717, 1.165) is 5.98 Å². The summed E-state index contributed by atoms with van der Waals surface area (Å²) in [5, 5.41) is 41.0. The summed E-state index contributed by atoms with van der Waals surface area (Å²) in [7, 11) is 1.76. The van der Waals surface area contributed by atoms with Crippen LogP contribution in [0.2, 0.25) is 0 Å². The molecule has 2 aliphatic heterocycles. The highest BCUT2D eigenvalue weighted by Crippen LogP contribution is 2.32. The van der Waals surface area contributed by atoms with Gasteiger partial charge in [-0.25, -0.2) is 0 Å². The normalized spacial score (nSPS) is 45.5. The van der Waals surface area contributed by atoms with Crippen molar-refractivity contribution in [2.24, 2.45) is 5.73 Å². The molecule has 9 nitrogen and oxygen atoms in total. The van der Waals surface area contributed by atoms with E-state index in [9.17, 15) is 15.3 Å². The van der Waals surface area contributed by atoms with Crippen molar-refractivity contribution >= 4 is 14.2 Å². The van der Waals surface area contributed by atoms with Gasteiger partial charge in [0.25, 0.3) is 0 Å². The van der Waals surface area contributed by atoms with Crippen LogP contribution >= 0.6 is 8.20 Å². The molecule has 122 valence electrons. The Bertz CT molecular complexity index is 372. The number of hydrogen-bond acceptors (Lipinski definition) is 8. The molecule has 0 aromatic rings. The first-order valence-electron chi connectivity index (χ1n) is 6.57. The van der Waals surface area contributed by atoms with Crippen LogP contribution in [-0.4, -0.2) is 82.5 Å². The van der Waals surface area contributed by atoms with E-state index in [-0.39, 0.29) is 8.20 Å². The first-order chi connectivity index (χ1) is 9.97. The Hall–Kier alpha value is -0.190. The lowest BCUT2D eigenvalue weighted by Crippen LogP contribution is -2.67. The first kappa shape index (κ1) is 17.2. The van der Waals surface area contributed by atoms with Gasteiger partial charge in [-0.05, 0) is 21.7 Å². The van der Waals surface area contributed by atoms with Crippen LogP contribution in [0, 0.1) is 0 Å². The highest BCUT2D eigenvalue weighted by atomic mass is 31.1. The number of hydrogen-bond donors (Lipinski definition) is 6. The molecular formula is C11H21N2O7P. The second-order valence-electron chi connectivity index (χ2n) is 4.97. The summed E-state index contributed by atoms with van der Waals surface area (Å²) in [4.78, 5) is 0. The predicted octanol–water partition coefficient (Wildman–Crippen LogP) is -2.53. The molecule has 10 heteroatoms. The molecule has 0 bridgehead atoms. The minimum Gasteiger partial charge on any atom is -0.388 e. The predicted molar refractivity (Wildman–Crippen MR) is 73.0 cm³/mol. The van der Waals surface area contributed by atoms with E-state index >= 15 is 0 Å². The van der Waals surface area contributed by atoms with E-state index in [1.54, 1.807) is 7.05 Å². The SMILES string of the molecule is CNC1C(OC(O)/P=C/O)O[C@H]2C[C@H](N)C(O)OC2C1O. The van der Waals surface area contributed by atoms with Crippen LogP contribution in [0.4, 0.5) is 0 Å². The number of aliphatic hydroxyl groups excluding tert-OH is 4. The van der Waals surface area contributed by atoms with Crippen molar-refractivity contribution in [1.82, 2.24) is 5.32 Å². The Kier molecular flexibility index (Phi) is 6.04. The molecule has 0 spiro atoms. The average molecular weight is 324 g/mol. The molecule has 6 unspecified atom stereocenters. The molecule has 2 heterocycles. The number of ether oxygens (including phenoxy) is 3. The lowest BCUT2D eigenvalue weighted by molar-refractivity contribution is -0.328. The molecule has 0 aliphatic carbocycles. The second-order valence-corrected chi connectivity index (χ2v) is 5.94. The van der Waals surface area contributed by atoms with E-state index in [1.807, 2.05) is 0 Å². The number of likely N-dealkylation sites (N-methyl/N-ethyl adjacent to an activating group) is 1. The molecule has 21 heavy (non-hydrogen) atoms. The number of nitrogens with one attached hydrogen (secondary N) is 1. The number of aliphatic hydroxyl groups is 4. The molecular weight excluding hydrogens is 303 g/mol. The molecule has 2 saturated heterocycles. The van der Waals surface area contributed by atoms with E-state index in [4.69, 9.17) is 25.1 Å². The minimum absolute atomic E-state index is 0.157. The van der Waals surface area contributed by atoms with Crippen molar-refractivity contribution in [1.29, 1.82) is 0 Å². The van der Waals surface area contributed by atoms with E-state index < -0.39 is 49.0 Å². The van der Waals surface area contributed by atoms with Gasteiger partial charge in [0.2, 0.25) is 6.03 Å². The van der Waals surface area contributed by atoms with E-state index in [2.05, 4.69) is 5.32 Å². The van der Waals surface area contributed by atoms with Crippen molar-refractivity contribution in [2.75, 3.05) is 7.05 Å². The monoisotopic (exact) mass is 324 g/mol. The van der Waals surface area contributed by atoms with Gasteiger partial charge in [-0.15, -0.1) is 0 Å². The van der Waals surface area contributed by atoms with Crippen molar-refractivity contribution in [2.45, 2.75) is 55.4 Å². The molecule has 7 N–H and O–H groups in total. The summed E-state index contributed by atoms with van der Waals surface area (Å²) in [5.74, 6) is 0.747. The Balaban J connectivity index is 2.09. The van der Waals surface area contributed by atoms with Gasteiger partial charge in [0.15, 0.2) is 12.6 Å². The minimum atomic E-state index is -1.29. The third-order valence-electron chi connectivity index (χ3n) is 3.62. The fourth-order valence-electron chi connectivity index (χ4n) is 2.56. The standard InChI is InChI=1S/C11H21N2O7P/c1-13-6-7(15)8-5(2-4(12)9(16)19-8)18-10(6)20-11(17)21-3-14/h3-11,13-17H,2,12H2,1H3/t4-,5-,6?,7?,8?,9?,10?,11?/m0/s1. The smallest absolute Gasteiger partial charge is 0.202 e. The molecule has 0 saturated carbocycles. The van der Waals surface area contributed by atoms with Crippen LogP contribution in [0.3, 0.4) is 0 Å². The topological polar surface area (TPSA) is 147 Å². The molecule has 0 amide bonds. The van der Waals surface area contributed by atoms with Gasteiger partial charge in [0.05, 0.1) is 24.2 Å². The Morgan fingerprint density at radius 1 is 1.43 bits per heavy atom. The van der Waals surface area contributed by atoms with Crippen LogP contribution in [-0.2, 0) is 14.2 Å². The highest BCUT2D eigenvalue weighted by molar-refractivity contribution is 7.38. The summed E-state index contributed by atoms with van der Waals surface area (Å²) in [5.41, 5.74) is 5.71. The van der Waals surface area contributed by atoms with Crippen molar-refractivity contribution < 1.29 is 34.6 Å². The van der Waals surface area contributed by atoms with Gasteiger partial charge >= 0.3 is 0 Å². The fraction of sp³-hybridized carbons (Fsp3) is 0.909. The second kappa shape index (κ2) is 7.38. The number of rotatable bonds is 4. The zero-order chi connectivity index (χ0) is 15.6. The average Bonchev–Trinajstić information content (AvgIpc) is 2.42. The van der Waals surface area contributed by atoms with Crippen molar-refractivity contribution in [3.8, 4) is 0 Å². The van der Waals surface area contributed by atoms with Crippen molar-refractivity contribution in [3.05, 3.63) is 0 Å². The molecule has 0 aromatic carbocycles. The first-order valence-corrected chi connectivity index (χ1v) is 7.60. The summed E-state index contributed by atoms with van der Waals surface area (Å²) < 4.78 is 16.2. The van der Waals surface area contributed by atoms with Gasteiger partial charge < -0.3 is 45.7 Å². The Labute approximate surface area is 123 Å². The van der Waals surface area contributed by atoms with Crippen LogP contribution in [0.1, 0.15) is 6.42 Å². The van der Waals surface area contributed by atoms with Gasteiger partial charge in [-0.3, -0.25) is 0 Å². The number of nitrogens with two attached hydrogens (primary N) is 1. The van der Waals surface area contributed by atoms with Crippen LogP contribution in [0.5, 0.6) is 0 Å². The lowest BCUT2D eigenvalue weighted by Gasteiger charge is -2.48. The van der Waals surface area contributed by atoms with Gasteiger partial charge in [0, 0.05) is 0 Å². The maximum Gasteiger partial charge on any atom is 0.202 e. The van der Waals surface area contributed by atoms with Gasteiger partial charge in [0.1, 0.15) is 12.2 Å².